The van der Waals surface area contributed by atoms with E-state index >= 15 is 0 Å². The van der Waals surface area contributed by atoms with Crippen molar-refractivity contribution in [3.05, 3.63) is 0 Å². The number of nitrogens with one attached hydrogen (secondary N) is 1. The first-order chi connectivity index (χ1) is 7.74. The van der Waals surface area contributed by atoms with E-state index in [-0.39, 0.29) is 12.0 Å². The lowest BCUT2D eigenvalue weighted by Gasteiger charge is -2.18. The normalized spacial score (nSPS) is 9.38. The predicted molar refractivity (Wildman–Crippen MR) is 59.2 cm³/mol. The fourth-order valence-electron chi connectivity index (χ4n) is 1.19. The number of anilines is 2. The molecule has 86 valence electrons. The van der Waals surface area contributed by atoms with Gasteiger partial charge in [0.2, 0.25) is 11.9 Å². The number of aromatic nitrogens is 3. The molecule has 1 N–H and O–H groups in total. The van der Waals surface area contributed by atoms with Gasteiger partial charge in [0.15, 0.2) is 6.19 Å². The molecule has 0 amide bonds. The lowest BCUT2D eigenvalue weighted by molar-refractivity contribution is 0.379. The molecule has 0 fully saturated rings. The molecule has 1 heterocycles. The lowest BCUT2D eigenvalue weighted by Crippen LogP contribution is -2.25. The first-order valence-electron chi connectivity index (χ1n) is 4.95. The van der Waals surface area contributed by atoms with Crippen molar-refractivity contribution < 1.29 is 4.74 Å². The molecule has 0 saturated carbocycles. The van der Waals surface area contributed by atoms with Gasteiger partial charge in [-0.25, -0.2) is 0 Å². The molecule has 16 heavy (non-hydrogen) atoms. The topological polar surface area (TPSA) is 87.0 Å². The van der Waals surface area contributed by atoms with Crippen LogP contribution < -0.4 is 15.0 Å². The van der Waals surface area contributed by atoms with Gasteiger partial charge in [-0.2, -0.15) is 20.2 Å². The largest absolute Gasteiger partial charge is 0.467 e. The number of hydrogen-bond donors (Lipinski definition) is 1. The second kappa shape index (κ2) is 5.70. The maximum Gasteiger partial charge on any atom is 0.322 e. The van der Waals surface area contributed by atoms with E-state index in [1.54, 1.807) is 6.19 Å². The number of nitriles is 1. The van der Waals surface area contributed by atoms with Crippen LogP contribution in [0.15, 0.2) is 0 Å². The van der Waals surface area contributed by atoms with Crippen LogP contribution in [0.2, 0.25) is 0 Å². The molecule has 0 radical (unpaired) electrons. The van der Waals surface area contributed by atoms with Gasteiger partial charge in [-0.05, 0) is 13.8 Å². The number of methoxy groups -OCH3 is 1. The van der Waals surface area contributed by atoms with Crippen molar-refractivity contribution in [2.45, 2.75) is 13.8 Å². The van der Waals surface area contributed by atoms with Gasteiger partial charge in [-0.3, -0.25) is 5.32 Å². The molecule has 1 rings (SSSR count). The molecule has 0 atom stereocenters. The summed E-state index contributed by atoms with van der Waals surface area (Å²) in [5.74, 6) is 0.686. The van der Waals surface area contributed by atoms with Gasteiger partial charge in [0, 0.05) is 13.1 Å². The lowest BCUT2D eigenvalue weighted by atomic mass is 10.5. The van der Waals surface area contributed by atoms with Gasteiger partial charge in [0.1, 0.15) is 0 Å². The van der Waals surface area contributed by atoms with E-state index in [4.69, 9.17) is 10.00 Å². The minimum atomic E-state index is 0.189. The summed E-state index contributed by atoms with van der Waals surface area (Å²) in [5, 5.41) is 10.9. The molecule has 0 aliphatic heterocycles. The highest BCUT2D eigenvalue weighted by molar-refractivity contribution is 5.40. The smallest absolute Gasteiger partial charge is 0.322 e. The molecule has 1 aromatic heterocycles. The monoisotopic (exact) mass is 222 g/mol. The summed E-state index contributed by atoms with van der Waals surface area (Å²) in [5.41, 5.74) is 0. The Morgan fingerprint density at radius 2 is 2.00 bits per heavy atom. The highest BCUT2D eigenvalue weighted by atomic mass is 16.5. The Kier molecular flexibility index (Phi) is 4.27. The molecule has 0 bridgehead atoms. The van der Waals surface area contributed by atoms with Crippen LogP contribution in [0, 0.1) is 11.5 Å². The van der Waals surface area contributed by atoms with E-state index < -0.39 is 0 Å². The van der Waals surface area contributed by atoms with Crippen molar-refractivity contribution in [3.63, 3.8) is 0 Å². The van der Waals surface area contributed by atoms with E-state index in [0.717, 1.165) is 13.1 Å². The summed E-state index contributed by atoms with van der Waals surface area (Å²) in [4.78, 5) is 14.0. The van der Waals surface area contributed by atoms with E-state index in [9.17, 15) is 0 Å². The minimum Gasteiger partial charge on any atom is -0.467 e. The quantitative estimate of drug-likeness (QED) is 0.577. The van der Waals surface area contributed by atoms with Gasteiger partial charge < -0.3 is 9.64 Å². The van der Waals surface area contributed by atoms with Gasteiger partial charge in [0.25, 0.3) is 0 Å². The average Bonchev–Trinajstić information content (AvgIpc) is 2.31. The van der Waals surface area contributed by atoms with E-state index in [1.165, 1.54) is 7.11 Å². The summed E-state index contributed by atoms with van der Waals surface area (Å²) in [6.45, 7) is 5.54. The summed E-state index contributed by atoms with van der Waals surface area (Å²) >= 11 is 0. The van der Waals surface area contributed by atoms with Crippen LogP contribution in [0.1, 0.15) is 13.8 Å². The molecule has 0 aromatic carbocycles. The second-order valence-electron chi connectivity index (χ2n) is 2.85. The van der Waals surface area contributed by atoms with Gasteiger partial charge >= 0.3 is 6.01 Å². The molecule has 7 heteroatoms. The van der Waals surface area contributed by atoms with Crippen molar-refractivity contribution in [1.29, 1.82) is 5.26 Å². The Morgan fingerprint density at radius 3 is 2.50 bits per heavy atom. The van der Waals surface area contributed by atoms with Gasteiger partial charge in [-0.1, -0.05) is 0 Å². The number of nitrogens with zero attached hydrogens (tertiary/aromatic N) is 5. The van der Waals surface area contributed by atoms with Crippen LogP contribution in [0.5, 0.6) is 6.01 Å². The van der Waals surface area contributed by atoms with Crippen molar-refractivity contribution in [2.24, 2.45) is 0 Å². The Labute approximate surface area is 94.1 Å². The standard InChI is InChI=1S/C9H14N6O/c1-4-15(5-2)8-12-7(11-6-10)13-9(14-8)16-3/h4-5H2,1-3H3,(H,11,12,13,14). The Balaban J connectivity index is 3.08. The zero-order valence-electron chi connectivity index (χ0n) is 9.56. The Morgan fingerprint density at radius 1 is 1.31 bits per heavy atom. The van der Waals surface area contributed by atoms with E-state index in [2.05, 4.69) is 20.3 Å². The molecule has 7 nitrogen and oxygen atoms in total. The number of hydrogen-bond acceptors (Lipinski definition) is 7. The fraction of sp³-hybridized carbons (Fsp3) is 0.556. The third-order valence-corrected chi connectivity index (χ3v) is 2.00. The first-order valence-corrected chi connectivity index (χ1v) is 4.95. The summed E-state index contributed by atoms with van der Waals surface area (Å²) in [6, 6.07) is 0.189. The molecule has 0 spiro atoms. The Hall–Kier alpha value is -2.10. The van der Waals surface area contributed by atoms with Crippen LogP contribution in [-0.2, 0) is 0 Å². The fourth-order valence-corrected chi connectivity index (χ4v) is 1.19. The SMILES string of the molecule is CCN(CC)c1nc(NC#N)nc(OC)n1. The average molecular weight is 222 g/mol. The summed E-state index contributed by atoms with van der Waals surface area (Å²) in [6.07, 6.45) is 1.76. The minimum absolute atomic E-state index is 0.189. The van der Waals surface area contributed by atoms with Crippen molar-refractivity contribution in [3.8, 4) is 12.2 Å². The van der Waals surface area contributed by atoms with Crippen molar-refractivity contribution in [1.82, 2.24) is 15.0 Å². The van der Waals surface area contributed by atoms with Gasteiger partial charge in [-0.15, -0.1) is 0 Å². The van der Waals surface area contributed by atoms with Crippen LogP contribution in [0.25, 0.3) is 0 Å². The van der Waals surface area contributed by atoms with Crippen LogP contribution >= 0.6 is 0 Å². The third kappa shape index (κ3) is 2.70. The van der Waals surface area contributed by atoms with E-state index in [0.29, 0.717) is 5.95 Å². The number of ether oxygens (including phenoxy) is 1. The maximum absolute atomic E-state index is 8.51. The highest BCUT2D eigenvalue weighted by Gasteiger charge is 2.10. The Bertz CT molecular complexity index is 384. The van der Waals surface area contributed by atoms with E-state index in [1.807, 2.05) is 18.7 Å². The summed E-state index contributed by atoms with van der Waals surface area (Å²) in [7, 11) is 1.47. The molecule has 0 aliphatic rings. The molecular formula is C9H14N6O. The predicted octanol–water partition coefficient (Wildman–Crippen LogP) is 0.619. The molecular weight excluding hydrogens is 208 g/mol. The highest BCUT2D eigenvalue weighted by Crippen LogP contribution is 2.13. The van der Waals surface area contributed by atoms with Gasteiger partial charge in [0.05, 0.1) is 7.11 Å². The number of rotatable bonds is 5. The van der Waals surface area contributed by atoms with Crippen molar-refractivity contribution in [2.75, 3.05) is 30.4 Å². The zero-order valence-corrected chi connectivity index (χ0v) is 9.56. The zero-order chi connectivity index (χ0) is 12.0. The molecule has 0 saturated heterocycles. The van der Waals surface area contributed by atoms with Crippen LogP contribution in [-0.4, -0.2) is 35.2 Å². The molecule has 0 unspecified atom stereocenters. The van der Waals surface area contributed by atoms with Crippen molar-refractivity contribution >= 4 is 11.9 Å². The molecule has 0 aliphatic carbocycles. The maximum atomic E-state index is 8.51. The first kappa shape index (κ1) is 12.0. The molecule has 1 aromatic rings. The van der Waals surface area contributed by atoms with Crippen LogP contribution in [0.3, 0.4) is 0 Å². The van der Waals surface area contributed by atoms with Crippen LogP contribution in [0.4, 0.5) is 11.9 Å². The third-order valence-electron chi connectivity index (χ3n) is 2.00. The summed E-state index contributed by atoms with van der Waals surface area (Å²) < 4.78 is 4.94. The second-order valence-corrected chi connectivity index (χ2v) is 2.85.